The Morgan fingerprint density at radius 1 is 1.30 bits per heavy atom. The van der Waals surface area contributed by atoms with Crippen molar-refractivity contribution in [1.29, 1.82) is 0 Å². The first-order chi connectivity index (χ1) is 10.5. The van der Waals surface area contributed by atoms with E-state index in [9.17, 15) is 8.42 Å². The zero-order valence-electron chi connectivity index (χ0n) is 13.4. The van der Waals surface area contributed by atoms with Crippen molar-refractivity contribution in [2.24, 2.45) is 5.41 Å². The van der Waals surface area contributed by atoms with E-state index in [1.54, 1.807) is 18.2 Å². The summed E-state index contributed by atoms with van der Waals surface area (Å²) in [5, 5.41) is 3.31. The van der Waals surface area contributed by atoms with Crippen LogP contribution >= 0.6 is 12.4 Å². The molecule has 2 aliphatic heterocycles. The summed E-state index contributed by atoms with van der Waals surface area (Å²) in [6.45, 7) is 5.26. The fraction of sp³-hybridized carbons (Fsp3) is 0.625. The van der Waals surface area contributed by atoms with E-state index < -0.39 is 10.0 Å². The summed E-state index contributed by atoms with van der Waals surface area (Å²) in [5.41, 5.74) is 1.03. The molecule has 0 amide bonds. The van der Waals surface area contributed by atoms with E-state index in [1.807, 2.05) is 0 Å². The summed E-state index contributed by atoms with van der Waals surface area (Å²) in [6.07, 6.45) is 3.80. The molecule has 0 radical (unpaired) electrons. The number of piperidine rings is 1. The van der Waals surface area contributed by atoms with Gasteiger partial charge < -0.3 is 10.1 Å². The van der Waals surface area contributed by atoms with Gasteiger partial charge in [-0.1, -0.05) is 6.92 Å². The predicted octanol–water partition coefficient (Wildman–Crippen LogP) is 2.10. The lowest BCUT2D eigenvalue weighted by Crippen LogP contribution is -2.42. The van der Waals surface area contributed by atoms with Crippen molar-refractivity contribution >= 4 is 22.4 Å². The minimum absolute atomic E-state index is 0. The molecule has 0 spiro atoms. The van der Waals surface area contributed by atoms with Gasteiger partial charge in [0, 0.05) is 6.54 Å². The van der Waals surface area contributed by atoms with Crippen LogP contribution in [0.5, 0.6) is 5.75 Å². The zero-order valence-corrected chi connectivity index (χ0v) is 15.1. The van der Waals surface area contributed by atoms with Crippen LogP contribution < -0.4 is 14.8 Å². The third-order valence-electron chi connectivity index (χ3n) is 4.69. The summed E-state index contributed by atoms with van der Waals surface area (Å²) < 4.78 is 33.4. The second kappa shape index (κ2) is 7.38. The van der Waals surface area contributed by atoms with Gasteiger partial charge in [0.25, 0.3) is 0 Å². The Bertz CT molecular complexity index is 643. The summed E-state index contributed by atoms with van der Waals surface area (Å²) in [6, 6.07) is 5.16. The van der Waals surface area contributed by atoms with E-state index in [4.69, 9.17) is 4.74 Å². The Kier molecular flexibility index (Phi) is 5.94. The third-order valence-corrected chi connectivity index (χ3v) is 6.09. The summed E-state index contributed by atoms with van der Waals surface area (Å²) in [7, 11) is -3.46. The van der Waals surface area contributed by atoms with Crippen molar-refractivity contribution < 1.29 is 13.2 Å². The van der Waals surface area contributed by atoms with Crippen molar-refractivity contribution in [2.45, 2.75) is 37.5 Å². The van der Waals surface area contributed by atoms with Crippen molar-refractivity contribution in [3.05, 3.63) is 23.8 Å². The van der Waals surface area contributed by atoms with Gasteiger partial charge in [-0.2, -0.15) is 0 Å². The van der Waals surface area contributed by atoms with Crippen LogP contribution in [0.1, 0.15) is 31.7 Å². The van der Waals surface area contributed by atoms with E-state index >= 15 is 0 Å². The van der Waals surface area contributed by atoms with Crippen molar-refractivity contribution in [3.8, 4) is 5.75 Å². The Balaban J connectivity index is 0.00000192. The van der Waals surface area contributed by atoms with Crippen molar-refractivity contribution in [3.63, 3.8) is 0 Å². The first kappa shape index (κ1) is 18.5. The molecule has 1 saturated heterocycles. The fourth-order valence-electron chi connectivity index (χ4n) is 3.06. The highest BCUT2D eigenvalue weighted by Crippen LogP contribution is 2.29. The summed E-state index contributed by atoms with van der Waals surface area (Å²) in [5.74, 6) is 0.815. The Labute approximate surface area is 144 Å². The molecular formula is C16H25ClN2O3S. The molecule has 1 fully saturated rings. The number of sulfonamides is 1. The minimum Gasteiger partial charge on any atom is -0.493 e. The van der Waals surface area contributed by atoms with Crippen molar-refractivity contribution in [2.75, 3.05) is 26.2 Å². The molecule has 2 aliphatic rings. The highest BCUT2D eigenvalue weighted by Gasteiger charge is 2.29. The van der Waals surface area contributed by atoms with Gasteiger partial charge in [0.05, 0.1) is 11.5 Å². The molecule has 2 heterocycles. The van der Waals surface area contributed by atoms with E-state index in [0.29, 0.717) is 18.0 Å². The van der Waals surface area contributed by atoms with Crippen LogP contribution in [-0.2, 0) is 16.4 Å². The van der Waals surface area contributed by atoms with E-state index in [1.165, 1.54) is 0 Å². The number of rotatable bonds is 4. The zero-order chi connectivity index (χ0) is 15.6. The maximum Gasteiger partial charge on any atom is 0.240 e. The number of benzene rings is 1. The van der Waals surface area contributed by atoms with Gasteiger partial charge in [-0.25, -0.2) is 13.1 Å². The molecule has 0 bridgehead atoms. The minimum atomic E-state index is -3.46. The largest absolute Gasteiger partial charge is 0.493 e. The van der Waals surface area contributed by atoms with Crippen LogP contribution in [0.3, 0.4) is 0 Å². The lowest BCUT2D eigenvalue weighted by molar-refractivity contribution is 0.232. The van der Waals surface area contributed by atoms with Gasteiger partial charge in [0.1, 0.15) is 5.75 Å². The molecule has 0 saturated carbocycles. The van der Waals surface area contributed by atoms with Crippen LogP contribution in [0.25, 0.3) is 0 Å². The van der Waals surface area contributed by atoms with Crippen molar-refractivity contribution in [1.82, 2.24) is 10.0 Å². The average molecular weight is 361 g/mol. The number of aryl methyl sites for hydroxylation is 1. The molecule has 2 N–H and O–H groups in total. The highest BCUT2D eigenvalue weighted by molar-refractivity contribution is 7.89. The van der Waals surface area contributed by atoms with Gasteiger partial charge in [0.15, 0.2) is 0 Å². The first-order valence-electron chi connectivity index (χ1n) is 7.95. The Morgan fingerprint density at radius 3 is 2.78 bits per heavy atom. The van der Waals surface area contributed by atoms with Crippen LogP contribution in [-0.4, -0.2) is 34.7 Å². The van der Waals surface area contributed by atoms with Crippen LogP contribution in [0.15, 0.2) is 23.1 Å². The molecule has 3 rings (SSSR count). The number of hydrogen-bond acceptors (Lipinski definition) is 4. The second-order valence-corrected chi connectivity index (χ2v) is 8.37. The number of halogens is 1. The molecule has 1 aromatic rings. The predicted molar refractivity (Wildman–Crippen MR) is 92.9 cm³/mol. The smallest absolute Gasteiger partial charge is 0.240 e. The van der Waals surface area contributed by atoms with Crippen LogP contribution in [0.2, 0.25) is 0 Å². The van der Waals surface area contributed by atoms with Gasteiger partial charge in [-0.15, -0.1) is 12.4 Å². The lowest BCUT2D eigenvalue weighted by Gasteiger charge is -2.34. The Hall–Kier alpha value is -0.820. The quantitative estimate of drug-likeness (QED) is 0.862. The van der Waals surface area contributed by atoms with Gasteiger partial charge in [0.2, 0.25) is 10.0 Å². The second-order valence-electron chi connectivity index (χ2n) is 6.61. The molecule has 0 atom stereocenters. The van der Waals surface area contributed by atoms with E-state index in [2.05, 4.69) is 17.0 Å². The highest BCUT2D eigenvalue weighted by atomic mass is 35.5. The SMILES string of the molecule is CC1(CNS(=O)(=O)c2ccc3c(c2)CCCO3)CCNCC1.Cl. The molecule has 7 heteroatoms. The molecular weight excluding hydrogens is 336 g/mol. The molecule has 1 aromatic carbocycles. The fourth-order valence-corrected chi connectivity index (χ4v) is 4.31. The van der Waals surface area contributed by atoms with Gasteiger partial charge >= 0.3 is 0 Å². The van der Waals surface area contributed by atoms with Gasteiger partial charge in [-0.3, -0.25) is 0 Å². The summed E-state index contributed by atoms with van der Waals surface area (Å²) >= 11 is 0. The third kappa shape index (κ3) is 4.38. The molecule has 23 heavy (non-hydrogen) atoms. The maximum atomic E-state index is 12.5. The van der Waals surface area contributed by atoms with Crippen LogP contribution in [0, 0.1) is 5.41 Å². The Morgan fingerprint density at radius 2 is 2.04 bits per heavy atom. The number of nitrogens with one attached hydrogen (secondary N) is 2. The first-order valence-corrected chi connectivity index (χ1v) is 9.43. The summed E-state index contributed by atoms with van der Waals surface area (Å²) in [4.78, 5) is 0.342. The van der Waals surface area contributed by atoms with Crippen LogP contribution in [0.4, 0.5) is 0 Å². The normalized spacial score (nSPS) is 20.0. The van der Waals surface area contributed by atoms with Gasteiger partial charge in [-0.05, 0) is 68.0 Å². The monoisotopic (exact) mass is 360 g/mol. The number of hydrogen-bond donors (Lipinski definition) is 2. The average Bonchev–Trinajstić information content (AvgIpc) is 2.53. The molecule has 5 nitrogen and oxygen atoms in total. The lowest BCUT2D eigenvalue weighted by atomic mass is 9.81. The molecule has 0 aliphatic carbocycles. The molecule has 130 valence electrons. The number of ether oxygens (including phenoxy) is 1. The standard InChI is InChI=1S/C16H24N2O3S.ClH/c1-16(6-8-17-9-7-16)12-18-22(19,20)14-4-5-15-13(11-14)3-2-10-21-15;/h4-5,11,17-18H,2-3,6-10,12H2,1H3;1H. The van der Waals surface area contributed by atoms with E-state index in [-0.39, 0.29) is 17.8 Å². The number of fused-ring (bicyclic) bond motifs is 1. The topological polar surface area (TPSA) is 67.4 Å². The molecule has 0 aromatic heterocycles. The molecule has 0 unspecified atom stereocenters. The van der Waals surface area contributed by atoms with E-state index in [0.717, 1.165) is 50.1 Å². The maximum absolute atomic E-state index is 12.5.